The van der Waals surface area contributed by atoms with E-state index in [1.165, 1.54) is 7.05 Å². The van der Waals surface area contributed by atoms with E-state index in [1.54, 1.807) is 4.90 Å². The van der Waals surface area contributed by atoms with Gasteiger partial charge in [0.05, 0.1) is 6.54 Å². The summed E-state index contributed by atoms with van der Waals surface area (Å²) in [5.74, 6) is -0.524. The van der Waals surface area contributed by atoms with Crippen molar-refractivity contribution in [2.45, 2.75) is 39.7 Å². The van der Waals surface area contributed by atoms with E-state index in [2.05, 4.69) is 10.6 Å². The maximum Gasteiger partial charge on any atom is 0.243 e. The van der Waals surface area contributed by atoms with Crippen LogP contribution in [0.4, 0.5) is 0 Å². The van der Waals surface area contributed by atoms with Gasteiger partial charge in [-0.15, -0.1) is 0 Å². The zero-order valence-corrected chi connectivity index (χ0v) is 12.1. The second-order valence-electron chi connectivity index (χ2n) is 5.80. The fraction of sp³-hybridized carbons (Fsp3) is 0.769. The number of hydrogen-bond donors (Lipinski definition) is 2. The molecular formula is C13H23N3O3. The van der Waals surface area contributed by atoms with Crippen LogP contribution in [0.5, 0.6) is 0 Å². The Hall–Kier alpha value is -1.59. The Bertz CT molecular complexity index is 374. The molecule has 0 bridgehead atoms. The maximum atomic E-state index is 12.2. The first-order chi connectivity index (χ1) is 8.77. The Balaban J connectivity index is 2.63. The van der Waals surface area contributed by atoms with Crippen molar-refractivity contribution in [3.05, 3.63) is 0 Å². The molecule has 0 spiro atoms. The maximum absolute atomic E-state index is 12.2. The molecule has 6 heteroatoms. The molecule has 0 aromatic heterocycles. The third-order valence-corrected chi connectivity index (χ3v) is 3.16. The van der Waals surface area contributed by atoms with E-state index in [0.29, 0.717) is 13.0 Å². The van der Waals surface area contributed by atoms with Crippen molar-refractivity contribution in [3.8, 4) is 0 Å². The van der Waals surface area contributed by atoms with Crippen LogP contribution in [0, 0.1) is 5.41 Å². The second-order valence-corrected chi connectivity index (χ2v) is 5.80. The van der Waals surface area contributed by atoms with E-state index in [0.717, 1.165) is 6.42 Å². The van der Waals surface area contributed by atoms with E-state index in [4.69, 9.17) is 0 Å². The molecule has 6 nitrogen and oxygen atoms in total. The minimum Gasteiger partial charge on any atom is -0.358 e. The van der Waals surface area contributed by atoms with Crippen LogP contribution in [0.1, 0.15) is 33.6 Å². The smallest absolute Gasteiger partial charge is 0.243 e. The lowest BCUT2D eigenvalue weighted by Crippen LogP contribution is -2.50. The van der Waals surface area contributed by atoms with Gasteiger partial charge in [0, 0.05) is 19.0 Å². The van der Waals surface area contributed by atoms with Crippen molar-refractivity contribution in [1.82, 2.24) is 15.5 Å². The van der Waals surface area contributed by atoms with Crippen LogP contribution in [-0.2, 0) is 14.4 Å². The summed E-state index contributed by atoms with van der Waals surface area (Å²) in [6, 6.07) is -0.448. The monoisotopic (exact) mass is 269 g/mol. The van der Waals surface area contributed by atoms with Gasteiger partial charge >= 0.3 is 0 Å². The van der Waals surface area contributed by atoms with Crippen molar-refractivity contribution >= 4 is 17.7 Å². The minimum atomic E-state index is -0.496. The molecule has 0 aromatic rings. The van der Waals surface area contributed by atoms with Gasteiger partial charge in [-0.2, -0.15) is 0 Å². The SMILES string of the molecule is CNC(=O)CNC(=O)[C@@H]1CCCN1C(=O)C(C)(C)C. The highest BCUT2D eigenvalue weighted by molar-refractivity contribution is 5.92. The number of carbonyl (C=O) groups excluding carboxylic acids is 3. The lowest BCUT2D eigenvalue weighted by molar-refractivity contribution is -0.144. The van der Waals surface area contributed by atoms with Gasteiger partial charge in [-0.05, 0) is 12.8 Å². The zero-order chi connectivity index (χ0) is 14.6. The van der Waals surface area contributed by atoms with Crippen LogP contribution in [0.2, 0.25) is 0 Å². The quantitative estimate of drug-likeness (QED) is 0.750. The van der Waals surface area contributed by atoms with Gasteiger partial charge in [0.15, 0.2) is 0 Å². The molecule has 2 N–H and O–H groups in total. The number of amides is 3. The Kier molecular flexibility index (Phi) is 4.91. The highest BCUT2D eigenvalue weighted by atomic mass is 16.2. The predicted molar refractivity (Wildman–Crippen MR) is 71.3 cm³/mol. The average Bonchev–Trinajstić information content (AvgIpc) is 2.82. The Labute approximate surface area is 113 Å². The van der Waals surface area contributed by atoms with Crippen LogP contribution < -0.4 is 10.6 Å². The first-order valence-corrected chi connectivity index (χ1v) is 6.56. The molecule has 108 valence electrons. The molecule has 1 rings (SSSR count). The molecule has 1 fully saturated rings. The zero-order valence-electron chi connectivity index (χ0n) is 12.1. The summed E-state index contributed by atoms with van der Waals surface area (Å²) in [6.45, 7) is 6.07. The molecule has 0 radical (unpaired) electrons. The molecule has 1 aliphatic rings. The van der Waals surface area contributed by atoms with Crippen LogP contribution in [0.15, 0.2) is 0 Å². The van der Waals surface area contributed by atoms with Gasteiger partial charge in [0.25, 0.3) is 0 Å². The summed E-state index contributed by atoms with van der Waals surface area (Å²) in [5.41, 5.74) is -0.496. The second kappa shape index (κ2) is 6.04. The molecule has 0 unspecified atom stereocenters. The first kappa shape index (κ1) is 15.5. The van der Waals surface area contributed by atoms with Gasteiger partial charge in [-0.3, -0.25) is 14.4 Å². The van der Waals surface area contributed by atoms with Crippen molar-refractivity contribution in [1.29, 1.82) is 0 Å². The molecule has 0 saturated carbocycles. The van der Waals surface area contributed by atoms with Crippen LogP contribution in [0.3, 0.4) is 0 Å². The van der Waals surface area contributed by atoms with Crippen LogP contribution in [-0.4, -0.2) is 48.8 Å². The molecular weight excluding hydrogens is 246 g/mol. The molecule has 0 aromatic carbocycles. The van der Waals surface area contributed by atoms with Gasteiger partial charge in [-0.1, -0.05) is 20.8 Å². The molecule has 1 saturated heterocycles. The van der Waals surface area contributed by atoms with Gasteiger partial charge in [0.2, 0.25) is 17.7 Å². The van der Waals surface area contributed by atoms with Crippen molar-refractivity contribution < 1.29 is 14.4 Å². The van der Waals surface area contributed by atoms with E-state index in [-0.39, 0.29) is 24.3 Å². The lowest BCUT2D eigenvalue weighted by atomic mass is 9.94. The fourth-order valence-corrected chi connectivity index (χ4v) is 2.09. The summed E-state index contributed by atoms with van der Waals surface area (Å²) in [5, 5.41) is 5.00. The summed E-state index contributed by atoms with van der Waals surface area (Å²) in [6.07, 6.45) is 1.47. The number of likely N-dealkylation sites (tertiary alicyclic amines) is 1. The Morgan fingerprint density at radius 2 is 1.89 bits per heavy atom. The topological polar surface area (TPSA) is 78.5 Å². The molecule has 1 atom stereocenters. The molecule has 1 aliphatic heterocycles. The summed E-state index contributed by atoms with van der Waals surface area (Å²) >= 11 is 0. The van der Waals surface area contributed by atoms with E-state index in [9.17, 15) is 14.4 Å². The number of rotatable bonds is 3. The molecule has 1 heterocycles. The predicted octanol–water partition coefficient (Wildman–Crippen LogP) is -0.114. The van der Waals surface area contributed by atoms with Crippen molar-refractivity contribution in [3.63, 3.8) is 0 Å². The normalized spacial score (nSPS) is 19.2. The summed E-state index contributed by atoms with van der Waals surface area (Å²) in [7, 11) is 1.51. The highest BCUT2D eigenvalue weighted by Gasteiger charge is 2.38. The highest BCUT2D eigenvalue weighted by Crippen LogP contribution is 2.25. The molecule has 0 aliphatic carbocycles. The fourth-order valence-electron chi connectivity index (χ4n) is 2.09. The average molecular weight is 269 g/mol. The number of carbonyl (C=O) groups is 3. The Morgan fingerprint density at radius 3 is 2.42 bits per heavy atom. The molecule has 3 amide bonds. The summed E-state index contributed by atoms with van der Waals surface area (Å²) in [4.78, 5) is 37.0. The number of hydrogen-bond acceptors (Lipinski definition) is 3. The largest absolute Gasteiger partial charge is 0.358 e. The van der Waals surface area contributed by atoms with Gasteiger partial charge < -0.3 is 15.5 Å². The lowest BCUT2D eigenvalue weighted by Gasteiger charge is -2.30. The van der Waals surface area contributed by atoms with Crippen LogP contribution >= 0.6 is 0 Å². The van der Waals surface area contributed by atoms with E-state index < -0.39 is 11.5 Å². The third-order valence-electron chi connectivity index (χ3n) is 3.16. The number of nitrogens with one attached hydrogen (secondary N) is 2. The van der Waals surface area contributed by atoms with Gasteiger partial charge in [0.1, 0.15) is 6.04 Å². The van der Waals surface area contributed by atoms with Gasteiger partial charge in [-0.25, -0.2) is 0 Å². The number of likely N-dealkylation sites (N-methyl/N-ethyl adjacent to an activating group) is 1. The van der Waals surface area contributed by atoms with Crippen molar-refractivity contribution in [2.75, 3.05) is 20.1 Å². The minimum absolute atomic E-state index is 0.0231. The number of nitrogens with zero attached hydrogens (tertiary/aromatic N) is 1. The van der Waals surface area contributed by atoms with E-state index in [1.807, 2.05) is 20.8 Å². The van der Waals surface area contributed by atoms with Crippen LogP contribution in [0.25, 0.3) is 0 Å². The van der Waals surface area contributed by atoms with E-state index >= 15 is 0 Å². The molecule has 19 heavy (non-hydrogen) atoms. The van der Waals surface area contributed by atoms with Crippen molar-refractivity contribution in [2.24, 2.45) is 5.41 Å². The first-order valence-electron chi connectivity index (χ1n) is 6.56. The third kappa shape index (κ3) is 3.94. The standard InChI is InChI=1S/C13H23N3O3/c1-13(2,3)12(19)16-7-5-6-9(16)11(18)15-8-10(17)14-4/h9H,5-8H2,1-4H3,(H,14,17)(H,15,18)/t9-/m0/s1. The summed E-state index contributed by atoms with van der Waals surface area (Å²) < 4.78 is 0. The Morgan fingerprint density at radius 1 is 1.26 bits per heavy atom.